The SMILES string of the molecule is CC1CCCC(C2CCC(N=C=O)(N=C=O)C(C)C2)C1. The molecular formula is C16H24N2O2. The van der Waals surface area contributed by atoms with Crippen molar-refractivity contribution in [3.05, 3.63) is 0 Å². The Bertz CT molecular complexity index is 418. The Labute approximate surface area is 120 Å². The van der Waals surface area contributed by atoms with Crippen molar-refractivity contribution < 1.29 is 9.59 Å². The molecule has 0 spiro atoms. The summed E-state index contributed by atoms with van der Waals surface area (Å²) in [7, 11) is 0. The molecule has 4 atom stereocenters. The highest BCUT2D eigenvalue weighted by Gasteiger charge is 2.43. The van der Waals surface area contributed by atoms with E-state index in [4.69, 9.17) is 0 Å². The van der Waals surface area contributed by atoms with Crippen LogP contribution in [0.1, 0.15) is 58.8 Å². The lowest BCUT2D eigenvalue weighted by Crippen LogP contribution is -2.40. The lowest BCUT2D eigenvalue weighted by Gasteiger charge is -2.42. The molecule has 0 aromatic carbocycles. The van der Waals surface area contributed by atoms with E-state index in [1.54, 1.807) is 12.2 Å². The van der Waals surface area contributed by atoms with Gasteiger partial charge in [0, 0.05) is 5.92 Å². The Morgan fingerprint density at radius 1 is 0.950 bits per heavy atom. The minimum Gasteiger partial charge on any atom is -0.211 e. The smallest absolute Gasteiger partial charge is 0.211 e. The first-order valence-corrected chi connectivity index (χ1v) is 7.79. The van der Waals surface area contributed by atoms with Crippen LogP contribution in [0.3, 0.4) is 0 Å². The van der Waals surface area contributed by atoms with E-state index in [-0.39, 0.29) is 5.92 Å². The number of aliphatic imine (C=N–C) groups is 2. The number of rotatable bonds is 3. The summed E-state index contributed by atoms with van der Waals surface area (Å²) in [6, 6.07) is 0. The molecular weight excluding hydrogens is 252 g/mol. The summed E-state index contributed by atoms with van der Waals surface area (Å²) in [4.78, 5) is 29.0. The fourth-order valence-electron chi connectivity index (χ4n) is 4.26. The normalized spacial score (nSPS) is 41.3. The Hall–Kier alpha value is -1.24. The van der Waals surface area contributed by atoms with Crippen molar-refractivity contribution in [2.75, 3.05) is 0 Å². The van der Waals surface area contributed by atoms with Crippen molar-refractivity contribution in [1.29, 1.82) is 0 Å². The monoisotopic (exact) mass is 276 g/mol. The van der Waals surface area contributed by atoms with E-state index in [0.717, 1.165) is 24.7 Å². The minimum atomic E-state index is -0.889. The van der Waals surface area contributed by atoms with Crippen LogP contribution in [-0.4, -0.2) is 17.8 Å². The standard InChI is InChI=1S/C16H24N2O2/c1-12-4-3-5-14(8-12)15-6-7-16(17-10-19,18-11-20)13(2)9-15/h12-15H,3-9H2,1-2H3. The van der Waals surface area contributed by atoms with Crippen molar-refractivity contribution >= 4 is 12.2 Å². The van der Waals surface area contributed by atoms with Gasteiger partial charge in [-0.3, -0.25) is 0 Å². The third-order valence-electron chi connectivity index (χ3n) is 5.45. The molecule has 4 nitrogen and oxygen atoms in total. The summed E-state index contributed by atoms with van der Waals surface area (Å²) in [5, 5.41) is 0. The number of nitrogens with zero attached hydrogens (tertiary/aromatic N) is 2. The van der Waals surface area contributed by atoms with Crippen LogP contribution < -0.4 is 0 Å². The van der Waals surface area contributed by atoms with Crippen molar-refractivity contribution in [1.82, 2.24) is 0 Å². The zero-order valence-electron chi connectivity index (χ0n) is 12.5. The number of hydrogen-bond acceptors (Lipinski definition) is 4. The zero-order chi connectivity index (χ0) is 14.6. The highest BCUT2D eigenvalue weighted by atomic mass is 16.1. The molecule has 0 radical (unpaired) electrons. The summed E-state index contributed by atoms with van der Waals surface area (Å²) >= 11 is 0. The molecule has 0 amide bonds. The van der Waals surface area contributed by atoms with Crippen LogP contribution in [0.25, 0.3) is 0 Å². The van der Waals surface area contributed by atoms with Gasteiger partial charge in [-0.25, -0.2) is 9.59 Å². The molecule has 2 aliphatic rings. The summed E-state index contributed by atoms with van der Waals surface area (Å²) in [5.41, 5.74) is -0.889. The Kier molecular flexibility index (Phi) is 4.91. The number of isocyanates is 2. The first-order valence-electron chi connectivity index (χ1n) is 7.79. The van der Waals surface area contributed by atoms with Crippen LogP contribution in [0.2, 0.25) is 0 Å². The third-order valence-corrected chi connectivity index (χ3v) is 5.45. The highest BCUT2D eigenvalue weighted by molar-refractivity contribution is 5.39. The van der Waals surface area contributed by atoms with E-state index >= 15 is 0 Å². The summed E-state index contributed by atoms with van der Waals surface area (Å²) in [6.45, 7) is 4.39. The van der Waals surface area contributed by atoms with Crippen molar-refractivity contribution in [2.45, 2.75) is 64.5 Å². The molecule has 2 aliphatic carbocycles. The number of hydrogen-bond donors (Lipinski definition) is 0. The van der Waals surface area contributed by atoms with Gasteiger partial charge in [-0.2, -0.15) is 9.98 Å². The maximum absolute atomic E-state index is 10.6. The summed E-state index contributed by atoms with van der Waals surface area (Å²) < 4.78 is 0. The van der Waals surface area contributed by atoms with Gasteiger partial charge in [0.05, 0.1) is 0 Å². The fourth-order valence-corrected chi connectivity index (χ4v) is 4.26. The van der Waals surface area contributed by atoms with Gasteiger partial charge in [0.2, 0.25) is 12.2 Å². The van der Waals surface area contributed by atoms with Gasteiger partial charge in [0.1, 0.15) is 0 Å². The van der Waals surface area contributed by atoms with Crippen molar-refractivity contribution in [3.8, 4) is 0 Å². The highest BCUT2D eigenvalue weighted by Crippen LogP contribution is 2.46. The maximum Gasteiger partial charge on any atom is 0.237 e. The van der Waals surface area contributed by atoms with Crippen LogP contribution in [0, 0.1) is 23.7 Å². The molecule has 0 aromatic heterocycles. The minimum absolute atomic E-state index is 0.112. The van der Waals surface area contributed by atoms with Crippen LogP contribution in [0.4, 0.5) is 0 Å². The molecule has 4 unspecified atom stereocenters. The molecule has 110 valence electrons. The predicted octanol–water partition coefficient (Wildman–Crippen LogP) is 3.62. The van der Waals surface area contributed by atoms with Crippen LogP contribution in [0.15, 0.2) is 9.98 Å². The van der Waals surface area contributed by atoms with Gasteiger partial charge in [-0.05, 0) is 43.4 Å². The first kappa shape index (κ1) is 15.2. The lowest BCUT2D eigenvalue weighted by atomic mass is 9.66. The van der Waals surface area contributed by atoms with Gasteiger partial charge in [-0.15, -0.1) is 0 Å². The molecule has 0 aliphatic heterocycles. The average Bonchev–Trinajstić information content (AvgIpc) is 2.42. The molecule has 20 heavy (non-hydrogen) atoms. The zero-order valence-corrected chi connectivity index (χ0v) is 12.5. The first-order chi connectivity index (χ1) is 9.61. The predicted molar refractivity (Wildman–Crippen MR) is 76.6 cm³/mol. The van der Waals surface area contributed by atoms with E-state index in [1.807, 2.05) is 6.92 Å². The van der Waals surface area contributed by atoms with Gasteiger partial charge >= 0.3 is 0 Å². The van der Waals surface area contributed by atoms with Crippen molar-refractivity contribution in [2.24, 2.45) is 33.7 Å². The summed E-state index contributed by atoms with van der Waals surface area (Å²) in [5.74, 6) is 2.42. The molecule has 0 aromatic rings. The van der Waals surface area contributed by atoms with E-state index < -0.39 is 5.66 Å². The second kappa shape index (κ2) is 6.47. The Morgan fingerprint density at radius 3 is 2.15 bits per heavy atom. The molecule has 4 heteroatoms. The van der Waals surface area contributed by atoms with Gasteiger partial charge in [0.25, 0.3) is 0 Å². The fraction of sp³-hybridized carbons (Fsp3) is 0.875. The quantitative estimate of drug-likeness (QED) is 0.584. The van der Waals surface area contributed by atoms with Crippen LogP contribution in [-0.2, 0) is 9.59 Å². The van der Waals surface area contributed by atoms with E-state index in [2.05, 4.69) is 16.9 Å². The molecule has 2 saturated carbocycles. The molecule has 0 bridgehead atoms. The van der Waals surface area contributed by atoms with E-state index in [1.165, 1.54) is 25.7 Å². The molecule has 2 fully saturated rings. The molecule has 0 N–H and O–H groups in total. The second-order valence-electron chi connectivity index (χ2n) is 6.75. The summed E-state index contributed by atoms with van der Waals surface area (Å²) in [6.07, 6.45) is 11.2. The lowest BCUT2D eigenvalue weighted by molar-refractivity contribution is 0.0962. The van der Waals surface area contributed by atoms with Gasteiger partial charge in [-0.1, -0.05) is 33.1 Å². The largest absolute Gasteiger partial charge is 0.237 e. The van der Waals surface area contributed by atoms with E-state index in [9.17, 15) is 9.59 Å². The second-order valence-corrected chi connectivity index (χ2v) is 6.75. The van der Waals surface area contributed by atoms with Crippen LogP contribution >= 0.6 is 0 Å². The van der Waals surface area contributed by atoms with E-state index in [0.29, 0.717) is 12.3 Å². The van der Waals surface area contributed by atoms with Gasteiger partial charge < -0.3 is 0 Å². The topological polar surface area (TPSA) is 58.9 Å². The third kappa shape index (κ3) is 3.08. The number of carbonyl (C=O) groups excluding carboxylic acids is 2. The maximum atomic E-state index is 10.6. The van der Waals surface area contributed by atoms with Crippen molar-refractivity contribution in [3.63, 3.8) is 0 Å². The Morgan fingerprint density at radius 2 is 1.60 bits per heavy atom. The van der Waals surface area contributed by atoms with Gasteiger partial charge in [0.15, 0.2) is 5.66 Å². The molecule has 0 saturated heterocycles. The average molecular weight is 276 g/mol. The Balaban J connectivity index is 2.07. The van der Waals surface area contributed by atoms with Crippen LogP contribution in [0.5, 0.6) is 0 Å². The molecule has 2 rings (SSSR count). The molecule has 0 heterocycles.